The number of benzene rings is 2. The van der Waals surface area contributed by atoms with Crippen LogP contribution in [0.3, 0.4) is 0 Å². The monoisotopic (exact) mass is 445 g/mol. The molecule has 9 heteroatoms. The van der Waals surface area contributed by atoms with Crippen LogP contribution in [0.15, 0.2) is 53.4 Å². The Hall–Kier alpha value is -2.75. The number of amides is 1. The van der Waals surface area contributed by atoms with Crippen LogP contribution in [0.5, 0.6) is 0 Å². The first-order chi connectivity index (χ1) is 14.7. The molecule has 1 atom stereocenters. The third-order valence-electron chi connectivity index (χ3n) is 5.32. The maximum atomic E-state index is 13.1. The van der Waals surface area contributed by atoms with Crippen LogP contribution in [0.25, 0.3) is 0 Å². The Morgan fingerprint density at radius 1 is 1.19 bits per heavy atom. The summed E-state index contributed by atoms with van der Waals surface area (Å²) in [5, 5.41) is 5.21. The quantitative estimate of drug-likeness (QED) is 0.617. The number of fused-ring (bicyclic) bond motifs is 1. The highest BCUT2D eigenvalue weighted by Crippen LogP contribution is 2.30. The van der Waals surface area contributed by atoms with Gasteiger partial charge in [-0.25, -0.2) is 13.6 Å². The van der Waals surface area contributed by atoms with Gasteiger partial charge in [-0.1, -0.05) is 37.3 Å². The second-order valence-corrected chi connectivity index (χ2v) is 9.27. The first-order valence-electron chi connectivity index (χ1n) is 9.99. The molecule has 166 valence electrons. The molecule has 0 bridgehead atoms. The van der Waals surface area contributed by atoms with Crippen molar-refractivity contribution in [2.24, 2.45) is 11.1 Å². The van der Waals surface area contributed by atoms with Crippen molar-refractivity contribution in [1.29, 1.82) is 0 Å². The molecule has 1 aliphatic heterocycles. The minimum Gasteiger partial charge on any atom is -0.469 e. The molecule has 0 saturated heterocycles. The number of sulfonamides is 1. The molecule has 31 heavy (non-hydrogen) atoms. The Morgan fingerprint density at radius 3 is 2.55 bits per heavy atom. The number of carbonyl (C=O) groups excluding carboxylic acids is 2. The number of hydrogen-bond donors (Lipinski definition) is 1. The van der Waals surface area contributed by atoms with Crippen molar-refractivity contribution in [3.8, 4) is 0 Å². The van der Waals surface area contributed by atoms with Gasteiger partial charge in [-0.05, 0) is 35.7 Å². The summed E-state index contributed by atoms with van der Waals surface area (Å²) in [5.74, 6) is -0.827. The lowest BCUT2D eigenvalue weighted by atomic mass is 10.1. The van der Waals surface area contributed by atoms with E-state index in [1.807, 2.05) is 35.2 Å². The highest BCUT2D eigenvalue weighted by molar-refractivity contribution is 7.89. The standard InChI is InChI=1S/C22H27N3O5S/c1-16(22(27)30-2)13-24(14-17-6-4-3-5-7-17)15-21(26)25-11-10-18-12-19(31(23,28)29)8-9-20(18)25/h3-9,12,16H,10-11,13-15H2,1-2H3,(H2,23,28,29). The molecule has 0 spiro atoms. The number of ether oxygens (including phenoxy) is 1. The van der Waals surface area contributed by atoms with Crippen LogP contribution in [0.1, 0.15) is 18.1 Å². The fourth-order valence-electron chi connectivity index (χ4n) is 3.78. The molecular formula is C22H27N3O5S. The maximum absolute atomic E-state index is 13.1. The molecule has 1 unspecified atom stereocenters. The summed E-state index contributed by atoms with van der Waals surface area (Å²) >= 11 is 0. The molecular weight excluding hydrogens is 418 g/mol. The molecule has 2 N–H and O–H groups in total. The molecule has 0 radical (unpaired) electrons. The number of carbonyl (C=O) groups is 2. The van der Waals surface area contributed by atoms with E-state index in [1.165, 1.54) is 19.2 Å². The number of rotatable bonds is 8. The average Bonchev–Trinajstić information content (AvgIpc) is 3.16. The highest BCUT2D eigenvalue weighted by Gasteiger charge is 2.28. The van der Waals surface area contributed by atoms with E-state index in [2.05, 4.69) is 0 Å². The van der Waals surface area contributed by atoms with E-state index >= 15 is 0 Å². The Morgan fingerprint density at radius 2 is 1.90 bits per heavy atom. The number of nitrogens with two attached hydrogens (primary N) is 1. The SMILES string of the molecule is COC(=O)C(C)CN(CC(=O)N1CCc2cc(S(N)(=O)=O)ccc21)Cc1ccccc1. The first-order valence-corrected chi connectivity index (χ1v) is 11.5. The summed E-state index contributed by atoms with van der Waals surface area (Å²) in [5.41, 5.74) is 2.50. The molecule has 1 aliphatic rings. The van der Waals surface area contributed by atoms with Crippen LogP contribution in [0.4, 0.5) is 5.69 Å². The lowest BCUT2D eigenvalue weighted by Crippen LogP contribution is -2.42. The lowest BCUT2D eigenvalue weighted by molar-refractivity contribution is -0.145. The fraction of sp³-hybridized carbons (Fsp3) is 0.364. The third kappa shape index (κ3) is 5.69. The highest BCUT2D eigenvalue weighted by atomic mass is 32.2. The minimum atomic E-state index is -3.80. The van der Waals surface area contributed by atoms with E-state index in [0.29, 0.717) is 31.7 Å². The second kappa shape index (κ2) is 9.59. The molecule has 0 saturated carbocycles. The Bertz CT molecular complexity index is 1060. The summed E-state index contributed by atoms with van der Waals surface area (Å²) in [7, 11) is -2.45. The Balaban J connectivity index is 1.77. The summed E-state index contributed by atoms with van der Waals surface area (Å²) in [6.45, 7) is 3.24. The zero-order chi connectivity index (χ0) is 22.6. The molecule has 3 rings (SSSR count). The van der Waals surface area contributed by atoms with E-state index in [9.17, 15) is 18.0 Å². The van der Waals surface area contributed by atoms with E-state index in [-0.39, 0.29) is 29.2 Å². The largest absolute Gasteiger partial charge is 0.469 e. The Labute approximate surface area is 182 Å². The number of methoxy groups -OCH3 is 1. The summed E-state index contributed by atoms with van der Waals surface area (Å²) in [6.07, 6.45) is 0.557. The van der Waals surface area contributed by atoms with E-state index < -0.39 is 10.0 Å². The van der Waals surface area contributed by atoms with Crippen molar-refractivity contribution in [3.63, 3.8) is 0 Å². The van der Waals surface area contributed by atoms with E-state index in [0.717, 1.165) is 11.1 Å². The summed E-state index contributed by atoms with van der Waals surface area (Å²) in [6, 6.07) is 14.3. The third-order valence-corrected chi connectivity index (χ3v) is 6.23. The zero-order valence-corrected chi connectivity index (χ0v) is 18.5. The van der Waals surface area contributed by atoms with Gasteiger partial charge in [-0.3, -0.25) is 14.5 Å². The van der Waals surface area contributed by atoms with Crippen molar-refractivity contribution in [2.75, 3.05) is 31.6 Å². The van der Waals surface area contributed by atoms with Crippen LogP contribution in [0, 0.1) is 5.92 Å². The minimum absolute atomic E-state index is 0.0400. The Kier molecular flexibility index (Phi) is 7.09. The molecule has 1 amide bonds. The van der Waals surface area contributed by atoms with Crippen molar-refractivity contribution >= 4 is 27.6 Å². The predicted molar refractivity (Wildman–Crippen MR) is 117 cm³/mol. The molecule has 0 aromatic heterocycles. The van der Waals surface area contributed by atoms with Gasteiger partial charge >= 0.3 is 5.97 Å². The average molecular weight is 446 g/mol. The van der Waals surface area contributed by atoms with Gasteiger partial charge < -0.3 is 9.64 Å². The van der Waals surface area contributed by atoms with Gasteiger partial charge in [0.25, 0.3) is 0 Å². The normalized spacial score (nSPS) is 14.4. The van der Waals surface area contributed by atoms with Gasteiger partial charge in [-0.2, -0.15) is 0 Å². The van der Waals surface area contributed by atoms with E-state index in [4.69, 9.17) is 9.88 Å². The molecule has 2 aromatic carbocycles. The number of primary sulfonamides is 1. The smallest absolute Gasteiger partial charge is 0.309 e. The van der Waals surface area contributed by atoms with Crippen LogP contribution in [0.2, 0.25) is 0 Å². The summed E-state index contributed by atoms with van der Waals surface area (Å²) < 4.78 is 28.0. The van der Waals surface area contributed by atoms with Crippen molar-refractivity contribution in [3.05, 3.63) is 59.7 Å². The van der Waals surface area contributed by atoms with Gasteiger partial charge in [-0.15, -0.1) is 0 Å². The molecule has 8 nitrogen and oxygen atoms in total. The molecule has 0 aliphatic carbocycles. The number of hydrogen-bond acceptors (Lipinski definition) is 6. The van der Waals surface area contributed by atoms with Crippen LogP contribution >= 0.6 is 0 Å². The van der Waals surface area contributed by atoms with Gasteiger partial charge in [0.15, 0.2) is 0 Å². The number of nitrogens with zero attached hydrogens (tertiary/aromatic N) is 2. The van der Waals surface area contributed by atoms with Crippen molar-refractivity contribution < 1.29 is 22.7 Å². The lowest BCUT2D eigenvalue weighted by Gasteiger charge is -2.27. The van der Waals surface area contributed by atoms with Gasteiger partial charge in [0.05, 0.1) is 24.5 Å². The molecule has 2 aromatic rings. The van der Waals surface area contributed by atoms with Crippen LogP contribution in [-0.4, -0.2) is 51.9 Å². The molecule has 1 heterocycles. The summed E-state index contributed by atoms with van der Waals surface area (Å²) in [4.78, 5) is 28.7. The topological polar surface area (TPSA) is 110 Å². The number of esters is 1. The predicted octanol–water partition coefficient (Wildman–Crippen LogP) is 1.53. The zero-order valence-electron chi connectivity index (χ0n) is 17.7. The molecule has 0 fully saturated rings. The maximum Gasteiger partial charge on any atom is 0.309 e. The van der Waals surface area contributed by atoms with Crippen LogP contribution < -0.4 is 10.0 Å². The fourth-order valence-corrected chi connectivity index (χ4v) is 4.34. The van der Waals surface area contributed by atoms with Crippen molar-refractivity contribution in [1.82, 2.24) is 4.90 Å². The first kappa shape index (κ1) is 22.9. The van der Waals surface area contributed by atoms with Crippen LogP contribution in [-0.2, 0) is 37.3 Å². The van der Waals surface area contributed by atoms with Gasteiger partial charge in [0.1, 0.15) is 0 Å². The van der Waals surface area contributed by atoms with Gasteiger partial charge in [0, 0.05) is 25.3 Å². The van der Waals surface area contributed by atoms with Crippen molar-refractivity contribution in [2.45, 2.75) is 24.8 Å². The van der Waals surface area contributed by atoms with E-state index in [1.54, 1.807) is 17.9 Å². The second-order valence-electron chi connectivity index (χ2n) is 7.71. The number of anilines is 1. The van der Waals surface area contributed by atoms with Gasteiger partial charge in [0.2, 0.25) is 15.9 Å².